The Morgan fingerprint density at radius 3 is 2.39 bits per heavy atom. The summed E-state index contributed by atoms with van der Waals surface area (Å²) in [6.45, 7) is 3.48. The number of anilines is 1. The van der Waals surface area contributed by atoms with Crippen LogP contribution in [0.2, 0.25) is 0 Å². The first-order chi connectivity index (χ1) is 10.9. The summed E-state index contributed by atoms with van der Waals surface area (Å²) in [5.74, 6) is 0.404. The first-order valence-corrected chi connectivity index (χ1v) is 7.58. The van der Waals surface area contributed by atoms with Gasteiger partial charge in [-0.05, 0) is 24.3 Å². The van der Waals surface area contributed by atoms with Gasteiger partial charge in [-0.3, -0.25) is 4.79 Å². The molecule has 1 aliphatic rings. The van der Waals surface area contributed by atoms with Gasteiger partial charge in [0.1, 0.15) is 18.8 Å². The summed E-state index contributed by atoms with van der Waals surface area (Å²) in [6.07, 6.45) is -0.438. The van der Waals surface area contributed by atoms with Crippen LogP contribution in [0.1, 0.15) is 0 Å². The van der Waals surface area contributed by atoms with Crippen molar-refractivity contribution in [2.75, 3.05) is 59.3 Å². The zero-order chi connectivity index (χ0) is 16.9. The van der Waals surface area contributed by atoms with E-state index >= 15 is 0 Å². The molecule has 0 atom stereocenters. The lowest BCUT2D eigenvalue weighted by Gasteiger charge is -2.36. The molecule has 7 heteroatoms. The molecule has 0 bridgehead atoms. The van der Waals surface area contributed by atoms with Gasteiger partial charge in [-0.2, -0.15) is 0 Å². The minimum Gasteiger partial charge on any atom is -0.410 e. The summed E-state index contributed by atoms with van der Waals surface area (Å²) in [4.78, 5) is 25.0. The smallest absolute Gasteiger partial charge is 0.410 e. The van der Waals surface area contributed by atoms with E-state index in [0.29, 0.717) is 35.7 Å². The van der Waals surface area contributed by atoms with Gasteiger partial charge in [0.2, 0.25) is 0 Å². The predicted molar refractivity (Wildman–Crippen MR) is 86.4 cm³/mol. The zero-order valence-corrected chi connectivity index (χ0v) is 13.9. The first-order valence-electron chi connectivity index (χ1n) is 7.58. The molecule has 7 nitrogen and oxygen atoms in total. The van der Waals surface area contributed by atoms with Crippen molar-refractivity contribution in [3.05, 3.63) is 24.3 Å². The fraction of sp³-hybridized carbons (Fsp3) is 0.500. The maximum Gasteiger partial charge on any atom is 0.414 e. The van der Waals surface area contributed by atoms with E-state index in [1.54, 1.807) is 38.4 Å². The molecule has 126 valence electrons. The lowest BCUT2D eigenvalue weighted by atomic mass is 10.3. The van der Waals surface area contributed by atoms with Crippen LogP contribution >= 0.6 is 0 Å². The van der Waals surface area contributed by atoms with Crippen molar-refractivity contribution >= 4 is 17.7 Å². The number of likely N-dealkylation sites (N-methyl/N-ethyl adjacent to an activating group) is 1. The van der Waals surface area contributed by atoms with Gasteiger partial charge in [-0.1, -0.05) is 0 Å². The van der Waals surface area contributed by atoms with Crippen molar-refractivity contribution < 1.29 is 23.5 Å². The molecule has 1 N–H and O–H groups in total. The number of rotatable bonds is 4. The summed E-state index contributed by atoms with van der Waals surface area (Å²) in [5.41, 5.74) is 0.680. The van der Waals surface area contributed by atoms with Crippen LogP contribution in [0.5, 0.6) is 5.75 Å². The van der Waals surface area contributed by atoms with Crippen molar-refractivity contribution in [1.29, 1.82) is 0 Å². The maximum atomic E-state index is 12.2. The van der Waals surface area contributed by atoms with Crippen molar-refractivity contribution in [2.45, 2.75) is 0 Å². The lowest BCUT2D eigenvalue weighted by molar-refractivity contribution is -0.909. The monoisotopic (exact) mass is 322 g/mol. The van der Waals surface area contributed by atoms with Gasteiger partial charge < -0.3 is 24.2 Å². The number of quaternary nitrogens is 1. The number of nitrogens with one attached hydrogen (secondary N) is 1. The highest BCUT2D eigenvalue weighted by atomic mass is 16.6. The minimum atomic E-state index is -0.438. The molecule has 1 saturated heterocycles. The van der Waals surface area contributed by atoms with Gasteiger partial charge in [0.05, 0.1) is 20.3 Å². The third kappa shape index (κ3) is 5.22. The highest BCUT2D eigenvalue weighted by Crippen LogP contribution is 2.17. The molecule has 23 heavy (non-hydrogen) atoms. The third-order valence-corrected chi connectivity index (χ3v) is 3.78. The highest BCUT2D eigenvalue weighted by molar-refractivity contribution is 5.91. The van der Waals surface area contributed by atoms with Crippen LogP contribution in [0.3, 0.4) is 0 Å². The SMILES string of the molecule is CN(C)C(=O)Oc1ccc(NC(=O)C[N+]2(C)CCOCC2)cc1. The molecule has 0 unspecified atom stereocenters. The van der Waals surface area contributed by atoms with E-state index in [-0.39, 0.29) is 5.91 Å². The van der Waals surface area contributed by atoms with Crippen molar-refractivity contribution in [1.82, 2.24) is 4.90 Å². The van der Waals surface area contributed by atoms with E-state index in [1.165, 1.54) is 4.90 Å². The van der Waals surface area contributed by atoms with E-state index in [4.69, 9.17) is 9.47 Å². The van der Waals surface area contributed by atoms with E-state index in [1.807, 2.05) is 0 Å². The molecule has 1 heterocycles. The first kappa shape index (κ1) is 17.2. The zero-order valence-electron chi connectivity index (χ0n) is 13.9. The van der Waals surface area contributed by atoms with E-state index in [2.05, 4.69) is 12.4 Å². The second-order valence-electron chi connectivity index (χ2n) is 6.17. The Labute approximate surface area is 136 Å². The number of hydrogen-bond donors (Lipinski definition) is 1. The predicted octanol–water partition coefficient (Wildman–Crippen LogP) is 1.16. The Hall–Kier alpha value is -2.12. The number of nitrogens with zero attached hydrogens (tertiary/aromatic N) is 2. The average molecular weight is 322 g/mol. The summed E-state index contributed by atoms with van der Waals surface area (Å²) >= 11 is 0. The van der Waals surface area contributed by atoms with E-state index in [9.17, 15) is 9.59 Å². The Bertz CT molecular complexity index is 551. The van der Waals surface area contributed by atoms with Crippen LogP contribution < -0.4 is 10.1 Å². The Morgan fingerprint density at radius 2 is 1.83 bits per heavy atom. The van der Waals surface area contributed by atoms with Gasteiger partial charge >= 0.3 is 6.09 Å². The van der Waals surface area contributed by atoms with Crippen LogP contribution in [0, 0.1) is 0 Å². The van der Waals surface area contributed by atoms with Gasteiger partial charge in [-0.15, -0.1) is 0 Å². The van der Waals surface area contributed by atoms with Crippen LogP contribution in [-0.4, -0.2) is 75.4 Å². The molecule has 0 aliphatic carbocycles. The van der Waals surface area contributed by atoms with Crippen molar-refractivity contribution in [2.24, 2.45) is 0 Å². The molecular weight excluding hydrogens is 298 g/mol. The highest BCUT2D eigenvalue weighted by Gasteiger charge is 2.28. The summed E-state index contributed by atoms with van der Waals surface area (Å²) < 4.78 is 11.1. The number of morpholine rings is 1. The van der Waals surface area contributed by atoms with E-state index < -0.39 is 6.09 Å². The largest absolute Gasteiger partial charge is 0.414 e. The number of hydrogen-bond acceptors (Lipinski definition) is 4. The normalized spacial score (nSPS) is 16.5. The van der Waals surface area contributed by atoms with Crippen LogP contribution in [-0.2, 0) is 9.53 Å². The standard InChI is InChI=1S/C16H23N3O4/c1-18(2)16(21)23-14-6-4-13(5-7-14)17-15(20)12-19(3)8-10-22-11-9-19/h4-7H,8-12H2,1-3H3/p+1. The fourth-order valence-corrected chi connectivity index (χ4v) is 2.29. The molecule has 1 aromatic carbocycles. The van der Waals surface area contributed by atoms with Crippen LogP contribution in [0.15, 0.2) is 24.3 Å². The molecule has 1 fully saturated rings. The number of ether oxygens (including phenoxy) is 2. The number of carbonyl (C=O) groups excluding carboxylic acids is 2. The Balaban J connectivity index is 1.87. The van der Waals surface area contributed by atoms with Gasteiger partial charge in [0.25, 0.3) is 5.91 Å². The molecular formula is C16H24N3O4+. The molecule has 1 aliphatic heterocycles. The third-order valence-electron chi connectivity index (χ3n) is 3.78. The van der Waals surface area contributed by atoms with Gasteiger partial charge in [0, 0.05) is 19.8 Å². The molecule has 2 amide bonds. The summed E-state index contributed by atoms with van der Waals surface area (Å²) in [6, 6.07) is 6.75. The summed E-state index contributed by atoms with van der Waals surface area (Å²) in [7, 11) is 5.30. The lowest BCUT2D eigenvalue weighted by Crippen LogP contribution is -2.55. The topological polar surface area (TPSA) is 67.9 Å². The second kappa shape index (κ2) is 7.43. The van der Waals surface area contributed by atoms with Crippen molar-refractivity contribution in [3.8, 4) is 5.75 Å². The van der Waals surface area contributed by atoms with Crippen LogP contribution in [0.4, 0.5) is 10.5 Å². The van der Waals surface area contributed by atoms with Crippen LogP contribution in [0.25, 0.3) is 0 Å². The van der Waals surface area contributed by atoms with Crippen molar-refractivity contribution in [3.63, 3.8) is 0 Å². The molecule has 1 aromatic rings. The molecule has 2 rings (SSSR count). The fourth-order valence-electron chi connectivity index (χ4n) is 2.29. The second-order valence-corrected chi connectivity index (χ2v) is 6.17. The average Bonchev–Trinajstić information content (AvgIpc) is 2.49. The molecule has 0 radical (unpaired) electrons. The number of carbonyl (C=O) groups is 2. The number of benzene rings is 1. The molecule has 0 aromatic heterocycles. The Kier molecular flexibility index (Phi) is 5.57. The van der Waals surface area contributed by atoms with E-state index in [0.717, 1.165) is 13.1 Å². The number of amides is 2. The minimum absolute atomic E-state index is 0.0348. The van der Waals surface area contributed by atoms with Gasteiger partial charge in [-0.25, -0.2) is 4.79 Å². The quantitative estimate of drug-likeness (QED) is 0.845. The molecule has 0 saturated carbocycles. The maximum absolute atomic E-state index is 12.2. The summed E-state index contributed by atoms with van der Waals surface area (Å²) in [5, 5.41) is 2.87. The molecule has 0 spiro atoms. The van der Waals surface area contributed by atoms with Gasteiger partial charge in [0.15, 0.2) is 6.54 Å². The Morgan fingerprint density at radius 1 is 1.22 bits per heavy atom.